The fourth-order valence-corrected chi connectivity index (χ4v) is 1.96. The maximum Gasteiger partial charge on any atom is 0.307 e. The van der Waals surface area contributed by atoms with Gasteiger partial charge in [0.1, 0.15) is 0 Å². The van der Waals surface area contributed by atoms with Gasteiger partial charge in [-0.3, -0.25) is 9.59 Å². The van der Waals surface area contributed by atoms with E-state index in [1.54, 1.807) is 0 Å². The number of esters is 1. The molecule has 0 aromatic rings. The molecule has 1 N–H and O–H groups in total. The van der Waals surface area contributed by atoms with Crippen molar-refractivity contribution in [3.05, 3.63) is 0 Å². The molecule has 0 aromatic carbocycles. The van der Waals surface area contributed by atoms with Crippen LogP contribution < -0.4 is 5.32 Å². The molecule has 6 heteroatoms. The van der Waals surface area contributed by atoms with E-state index < -0.39 is 0 Å². The monoisotopic (exact) mass is 205 g/mol. The first-order valence-corrected chi connectivity index (χ1v) is 4.50. The van der Waals surface area contributed by atoms with Crippen LogP contribution in [0.5, 0.6) is 0 Å². The summed E-state index contributed by atoms with van der Waals surface area (Å²) >= 11 is 5.85. The van der Waals surface area contributed by atoms with Crippen molar-refractivity contribution in [1.82, 2.24) is 5.32 Å². The topological polar surface area (TPSA) is 55.4 Å². The highest BCUT2D eigenvalue weighted by atomic mass is 32.2. The average Bonchev–Trinajstić information content (AvgIpc) is 2.30. The number of rotatable bonds is 2. The second-order valence-electron chi connectivity index (χ2n) is 2.16. The quantitative estimate of drug-likeness (QED) is 0.531. The van der Waals surface area contributed by atoms with E-state index in [1.165, 1.54) is 7.11 Å². The minimum Gasteiger partial charge on any atom is -0.469 e. The van der Waals surface area contributed by atoms with Crippen LogP contribution in [-0.2, 0) is 9.53 Å². The van der Waals surface area contributed by atoms with Crippen molar-refractivity contribution in [2.24, 2.45) is 0 Å². The summed E-state index contributed by atoms with van der Waals surface area (Å²) in [6.07, 6.45) is 0.152. The lowest BCUT2D eigenvalue weighted by Gasteiger charge is -2.03. The Labute approximate surface area is 79.0 Å². The Bertz CT molecular complexity index is 241. The van der Waals surface area contributed by atoms with Crippen LogP contribution in [0.25, 0.3) is 0 Å². The summed E-state index contributed by atoms with van der Waals surface area (Å²) in [5, 5.41) is 1.99. The molecule has 0 aliphatic carbocycles. The van der Waals surface area contributed by atoms with Crippen LogP contribution in [0.4, 0.5) is 4.79 Å². The van der Waals surface area contributed by atoms with Crippen molar-refractivity contribution >= 4 is 40.2 Å². The van der Waals surface area contributed by atoms with Crippen LogP contribution in [-0.4, -0.2) is 28.6 Å². The Kier molecular flexibility index (Phi) is 3.05. The van der Waals surface area contributed by atoms with Crippen molar-refractivity contribution < 1.29 is 14.3 Å². The molecule has 1 aliphatic heterocycles. The van der Waals surface area contributed by atoms with Crippen LogP contribution in [0.15, 0.2) is 0 Å². The number of thioether (sulfide) groups is 1. The molecular formula is C6H7NO3S2. The first-order valence-electron chi connectivity index (χ1n) is 3.22. The predicted molar refractivity (Wildman–Crippen MR) is 49.1 cm³/mol. The first-order chi connectivity index (χ1) is 5.63. The van der Waals surface area contributed by atoms with Gasteiger partial charge in [-0.1, -0.05) is 24.0 Å². The van der Waals surface area contributed by atoms with Crippen molar-refractivity contribution in [1.29, 1.82) is 0 Å². The third-order valence-electron chi connectivity index (χ3n) is 1.35. The number of carbonyl (C=O) groups is 2. The van der Waals surface area contributed by atoms with E-state index in [1.807, 2.05) is 0 Å². The zero-order chi connectivity index (χ0) is 9.14. The van der Waals surface area contributed by atoms with Crippen LogP contribution in [0, 0.1) is 0 Å². The highest BCUT2D eigenvalue weighted by molar-refractivity contribution is 8.16. The molecule has 1 saturated heterocycles. The van der Waals surface area contributed by atoms with Crippen molar-refractivity contribution in [2.75, 3.05) is 7.11 Å². The lowest BCUT2D eigenvalue weighted by molar-refractivity contribution is -0.140. The SMILES string of the molecule is COC(=O)C[C@H]1SC(=O)NC1=S. The summed E-state index contributed by atoms with van der Waals surface area (Å²) in [5.41, 5.74) is 0. The molecule has 1 fully saturated rings. The largest absolute Gasteiger partial charge is 0.469 e. The molecule has 1 aliphatic rings. The third kappa shape index (κ3) is 2.18. The number of methoxy groups -OCH3 is 1. The maximum atomic E-state index is 10.8. The molecule has 12 heavy (non-hydrogen) atoms. The molecule has 4 nitrogen and oxygen atoms in total. The number of hydrogen-bond donors (Lipinski definition) is 1. The normalized spacial score (nSPS) is 22.2. The van der Waals surface area contributed by atoms with Gasteiger partial charge in [-0.15, -0.1) is 0 Å². The Morgan fingerprint density at radius 1 is 1.83 bits per heavy atom. The number of nitrogens with one attached hydrogen (secondary N) is 1. The molecule has 66 valence electrons. The Hall–Kier alpha value is -0.620. The number of carbonyl (C=O) groups excluding carboxylic acids is 2. The maximum absolute atomic E-state index is 10.8. The average molecular weight is 205 g/mol. The number of hydrogen-bond acceptors (Lipinski definition) is 5. The second-order valence-corrected chi connectivity index (χ2v) is 3.78. The molecular weight excluding hydrogens is 198 g/mol. The molecule has 0 aromatic heterocycles. The standard InChI is InChI=1S/C6H7NO3S2/c1-10-4(8)2-3-5(11)7-6(9)12-3/h3H,2H2,1H3,(H,7,9,11)/t3-/m1/s1. The highest BCUT2D eigenvalue weighted by Crippen LogP contribution is 2.22. The lowest BCUT2D eigenvalue weighted by atomic mass is 10.3. The van der Waals surface area contributed by atoms with E-state index in [0.29, 0.717) is 4.99 Å². The predicted octanol–water partition coefficient (Wildman–Crippen LogP) is 0.702. The first kappa shape index (κ1) is 9.47. The molecule has 0 unspecified atom stereocenters. The fraction of sp³-hybridized carbons (Fsp3) is 0.500. The molecule has 1 rings (SSSR count). The summed E-state index contributed by atoms with van der Waals surface area (Å²) < 4.78 is 4.44. The summed E-state index contributed by atoms with van der Waals surface area (Å²) in [7, 11) is 1.31. The molecule has 0 saturated carbocycles. The van der Waals surface area contributed by atoms with Gasteiger partial charge in [-0.25, -0.2) is 0 Å². The second kappa shape index (κ2) is 3.86. The van der Waals surface area contributed by atoms with Crippen molar-refractivity contribution in [3.8, 4) is 0 Å². The van der Waals surface area contributed by atoms with Gasteiger partial charge in [0.15, 0.2) is 0 Å². The molecule has 0 bridgehead atoms. The van der Waals surface area contributed by atoms with Crippen LogP contribution in [0.2, 0.25) is 0 Å². The van der Waals surface area contributed by atoms with Crippen molar-refractivity contribution in [3.63, 3.8) is 0 Å². The lowest BCUT2D eigenvalue weighted by Crippen LogP contribution is -2.24. The Morgan fingerprint density at radius 3 is 2.92 bits per heavy atom. The summed E-state index contributed by atoms with van der Waals surface area (Å²) in [6.45, 7) is 0. The Balaban J connectivity index is 2.48. The summed E-state index contributed by atoms with van der Waals surface area (Å²) in [5.74, 6) is -0.355. The number of thiocarbonyl (C=S) groups is 1. The van der Waals surface area contributed by atoms with Crippen LogP contribution in [0.3, 0.4) is 0 Å². The molecule has 1 amide bonds. The zero-order valence-electron chi connectivity index (χ0n) is 6.33. The van der Waals surface area contributed by atoms with Crippen LogP contribution in [0.1, 0.15) is 6.42 Å². The highest BCUT2D eigenvalue weighted by Gasteiger charge is 2.30. The van der Waals surface area contributed by atoms with Gasteiger partial charge in [-0.2, -0.15) is 0 Å². The molecule has 1 heterocycles. The number of amides is 1. The van der Waals surface area contributed by atoms with Crippen LogP contribution >= 0.6 is 24.0 Å². The minimum atomic E-state index is -0.355. The van der Waals surface area contributed by atoms with E-state index in [4.69, 9.17) is 12.2 Å². The zero-order valence-corrected chi connectivity index (χ0v) is 7.96. The molecule has 0 radical (unpaired) electrons. The fourth-order valence-electron chi connectivity index (χ4n) is 0.762. The smallest absolute Gasteiger partial charge is 0.307 e. The van der Waals surface area contributed by atoms with E-state index in [9.17, 15) is 9.59 Å². The van der Waals surface area contributed by atoms with Crippen molar-refractivity contribution in [2.45, 2.75) is 11.7 Å². The van der Waals surface area contributed by atoms with E-state index >= 15 is 0 Å². The molecule has 1 atom stereocenters. The third-order valence-corrected chi connectivity index (χ3v) is 2.89. The molecule has 0 spiro atoms. The van der Waals surface area contributed by atoms with Gasteiger partial charge < -0.3 is 10.1 Å². The van der Waals surface area contributed by atoms with Gasteiger partial charge >= 0.3 is 5.97 Å². The summed E-state index contributed by atoms with van der Waals surface area (Å²) in [4.78, 5) is 21.9. The Morgan fingerprint density at radius 2 is 2.50 bits per heavy atom. The van der Waals surface area contributed by atoms with Gasteiger partial charge in [0.2, 0.25) is 0 Å². The van der Waals surface area contributed by atoms with E-state index in [0.717, 1.165) is 11.8 Å². The summed E-state index contributed by atoms with van der Waals surface area (Å²) in [6, 6.07) is 0. The minimum absolute atomic E-state index is 0.152. The van der Waals surface area contributed by atoms with Gasteiger partial charge in [0.05, 0.1) is 23.8 Å². The van der Waals surface area contributed by atoms with Gasteiger partial charge in [-0.05, 0) is 0 Å². The number of ether oxygens (including phenoxy) is 1. The van der Waals surface area contributed by atoms with E-state index in [2.05, 4.69) is 10.1 Å². The van der Waals surface area contributed by atoms with Gasteiger partial charge in [0, 0.05) is 0 Å². The van der Waals surface area contributed by atoms with Gasteiger partial charge in [0.25, 0.3) is 5.24 Å². The van der Waals surface area contributed by atoms with E-state index in [-0.39, 0.29) is 22.9 Å².